The van der Waals surface area contributed by atoms with Crippen LogP contribution in [0.15, 0.2) is 23.1 Å². The van der Waals surface area contributed by atoms with E-state index < -0.39 is 14.9 Å². The molecular weight excluding hydrogens is 260 g/mol. The third-order valence-corrected chi connectivity index (χ3v) is 3.70. The van der Waals surface area contributed by atoms with E-state index in [1.165, 1.54) is 19.2 Å². The molecule has 0 aliphatic rings. The van der Waals surface area contributed by atoms with E-state index in [0.29, 0.717) is 0 Å². The van der Waals surface area contributed by atoms with Gasteiger partial charge < -0.3 is 4.74 Å². The van der Waals surface area contributed by atoms with Gasteiger partial charge in [-0.25, -0.2) is 13.1 Å². The molecule has 8 heteroatoms. The van der Waals surface area contributed by atoms with Crippen LogP contribution >= 0.6 is 0 Å². The van der Waals surface area contributed by atoms with E-state index >= 15 is 0 Å². The van der Waals surface area contributed by atoms with Crippen LogP contribution in [-0.4, -0.2) is 26.5 Å². The summed E-state index contributed by atoms with van der Waals surface area (Å²) in [5.41, 5.74) is -0.385. The number of nitrogens with zero attached hydrogens (tertiary/aromatic N) is 1. The summed E-state index contributed by atoms with van der Waals surface area (Å²) in [5.74, 6) is 0.0171. The molecule has 1 N–H and O–H groups in total. The quantitative estimate of drug-likeness (QED) is 0.644. The van der Waals surface area contributed by atoms with E-state index in [2.05, 4.69) is 4.72 Å². The van der Waals surface area contributed by atoms with Crippen LogP contribution in [0, 0.1) is 10.1 Å². The van der Waals surface area contributed by atoms with Gasteiger partial charge in [-0.3, -0.25) is 10.1 Å². The Morgan fingerprint density at radius 3 is 2.44 bits per heavy atom. The first-order valence-corrected chi connectivity index (χ1v) is 6.61. The average molecular weight is 274 g/mol. The van der Waals surface area contributed by atoms with Crippen LogP contribution in [0.2, 0.25) is 0 Å². The number of nitrogens with one attached hydrogen (secondary N) is 1. The van der Waals surface area contributed by atoms with E-state index in [1.807, 2.05) is 0 Å². The first kappa shape index (κ1) is 14.4. The molecule has 0 aliphatic carbocycles. The number of rotatable bonds is 5. The lowest BCUT2D eigenvalue weighted by atomic mass is 10.3. The fraction of sp³-hybridized carbons (Fsp3) is 0.400. The molecule has 1 aromatic carbocycles. The molecule has 0 heterocycles. The minimum Gasteiger partial charge on any atom is -0.490 e. The summed E-state index contributed by atoms with van der Waals surface area (Å²) in [4.78, 5) is 9.94. The topological polar surface area (TPSA) is 98.5 Å². The lowest BCUT2D eigenvalue weighted by Crippen LogP contribution is -2.30. The second-order valence-electron chi connectivity index (χ2n) is 3.87. The zero-order chi connectivity index (χ0) is 13.9. The molecule has 100 valence electrons. The summed E-state index contributed by atoms with van der Waals surface area (Å²) < 4.78 is 30.8. The van der Waals surface area contributed by atoms with Crippen molar-refractivity contribution in [2.24, 2.45) is 0 Å². The Labute approximate surface area is 105 Å². The molecule has 7 nitrogen and oxygen atoms in total. The first-order chi connectivity index (χ1) is 8.27. The lowest BCUT2D eigenvalue weighted by Gasteiger charge is -2.10. The Balaban J connectivity index is 3.28. The standard InChI is InChI=1S/C10H14N2O5S/c1-7(2)11-18(15,16)8-4-5-10(17-3)9(6-8)12(13)14/h4-7,11H,1-3H3. The van der Waals surface area contributed by atoms with E-state index in [-0.39, 0.29) is 22.4 Å². The number of sulfonamides is 1. The predicted molar refractivity (Wildman–Crippen MR) is 65.1 cm³/mol. The van der Waals surface area contributed by atoms with Crippen molar-refractivity contribution < 1.29 is 18.1 Å². The van der Waals surface area contributed by atoms with E-state index in [0.717, 1.165) is 6.07 Å². The summed E-state index contributed by atoms with van der Waals surface area (Å²) in [7, 11) is -2.47. The van der Waals surface area contributed by atoms with Gasteiger partial charge >= 0.3 is 5.69 Å². The number of hydrogen-bond donors (Lipinski definition) is 1. The number of ether oxygens (including phenoxy) is 1. The molecule has 0 atom stereocenters. The molecule has 0 amide bonds. The maximum Gasteiger partial charge on any atom is 0.312 e. The van der Waals surface area contributed by atoms with Gasteiger partial charge in [0.05, 0.1) is 16.9 Å². The third-order valence-electron chi connectivity index (χ3n) is 2.05. The number of benzene rings is 1. The molecule has 0 radical (unpaired) electrons. The Hall–Kier alpha value is -1.67. The van der Waals surface area contributed by atoms with Gasteiger partial charge in [0, 0.05) is 12.1 Å². The highest BCUT2D eigenvalue weighted by Gasteiger charge is 2.22. The van der Waals surface area contributed by atoms with Crippen LogP contribution in [0.4, 0.5) is 5.69 Å². The second-order valence-corrected chi connectivity index (χ2v) is 5.58. The number of nitro groups is 1. The fourth-order valence-electron chi connectivity index (χ4n) is 1.36. The second kappa shape index (κ2) is 5.32. The van der Waals surface area contributed by atoms with Gasteiger partial charge in [0.15, 0.2) is 5.75 Å². The van der Waals surface area contributed by atoms with Gasteiger partial charge in [0.2, 0.25) is 10.0 Å². The lowest BCUT2D eigenvalue weighted by molar-refractivity contribution is -0.386. The van der Waals surface area contributed by atoms with Gasteiger partial charge in [-0.1, -0.05) is 0 Å². The van der Waals surface area contributed by atoms with E-state index in [1.54, 1.807) is 13.8 Å². The van der Waals surface area contributed by atoms with Crippen molar-refractivity contribution in [3.8, 4) is 5.75 Å². The molecule has 1 rings (SSSR count). The molecule has 1 aromatic rings. The molecule has 0 unspecified atom stereocenters. The Morgan fingerprint density at radius 2 is 2.00 bits per heavy atom. The van der Waals surface area contributed by atoms with Crippen molar-refractivity contribution >= 4 is 15.7 Å². The molecule has 0 saturated heterocycles. The van der Waals surface area contributed by atoms with Gasteiger partial charge in [0.25, 0.3) is 0 Å². The highest BCUT2D eigenvalue weighted by Crippen LogP contribution is 2.29. The van der Waals surface area contributed by atoms with Crippen LogP contribution in [0.1, 0.15) is 13.8 Å². The Bertz CT molecular complexity index is 553. The molecule has 0 aromatic heterocycles. The molecule has 18 heavy (non-hydrogen) atoms. The number of hydrogen-bond acceptors (Lipinski definition) is 5. The minimum atomic E-state index is -3.75. The summed E-state index contributed by atoms with van der Waals surface area (Å²) in [6.07, 6.45) is 0. The van der Waals surface area contributed by atoms with Gasteiger partial charge in [-0.2, -0.15) is 0 Å². The molecule has 0 fully saturated rings. The van der Waals surface area contributed by atoms with Crippen LogP contribution in [0.3, 0.4) is 0 Å². The molecule has 0 bridgehead atoms. The van der Waals surface area contributed by atoms with Crippen molar-refractivity contribution in [1.82, 2.24) is 4.72 Å². The van der Waals surface area contributed by atoms with Crippen LogP contribution < -0.4 is 9.46 Å². The van der Waals surface area contributed by atoms with Crippen molar-refractivity contribution in [3.05, 3.63) is 28.3 Å². The summed E-state index contributed by atoms with van der Waals surface area (Å²) in [6, 6.07) is 3.20. The smallest absolute Gasteiger partial charge is 0.312 e. The monoisotopic (exact) mass is 274 g/mol. The van der Waals surface area contributed by atoms with Gasteiger partial charge in [0.1, 0.15) is 0 Å². The SMILES string of the molecule is COc1ccc(S(=O)(=O)NC(C)C)cc1[N+](=O)[O-]. The van der Waals surface area contributed by atoms with Crippen LogP contribution in [0.25, 0.3) is 0 Å². The number of nitro benzene ring substituents is 1. The van der Waals surface area contributed by atoms with Gasteiger partial charge in [-0.05, 0) is 26.0 Å². The maximum atomic E-state index is 11.8. The van der Waals surface area contributed by atoms with Crippen molar-refractivity contribution in [1.29, 1.82) is 0 Å². The highest BCUT2D eigenvalue weighted by atomic mass is 32.2. The third kappa shape index (κ3) is 3.17. The Kier molecular flexibility index (Phi) is 4.25. The van der Waals surface area contributed by atoms with Crippen molar-refractivity contribution in [2.45, 2.75) is 24.8 Å². The minimum absolute atomic E-state index is 0.0171. The normalized spacial score (nSPS) is 11.6. The predicted octanol–water partition coefficient (Wildman–Crippen LogP) is 1.29. The summed E-state index contributed by atoms with van der Waals surface area (Å²) in [5, 5.41) is 10.8. The van der Waals surface area contributed by atoms with E-state index in [9.17, 15) is 18.5 Å². The number of methoxy groups -OCH3 is 1. The molecule has 0 saturated carbocycles. The zero-order valence-electron chi connectivity index (χ0n) is 10.2. The largest absolute Gasteiger partial charge is 0.490 e. The van der Waals surface area contributed by atoms with Crippen LogP contribution in [0.5, 0.6) is 5.75 Å². The fourth-order valence-corrected chi connectivity index (χ4v) is 2.63. The first-order valence-electron chi connectivity index (χ1n) is 5.12. The average Bonchev–Trinajstić information content (AvgIpc) is 2.26. The molecule has 0 spiro atoms. The highest BCUT2D eigenvalue weighted by molar-refractivity contribution is 7.89. The van der Waals surface area contributed by atoms with Crippen molar-refractivity contribution in [2.75, 3.05) is 7.11 Å². The molecular formula is C10H14N2O5S. The zero-order valence-corrected chi connectivity index (χ0v) is 11.0. The van der Waals surface area contributed by atoms with Crippen LogP contribution in [-0.2, 0) is 10.0 Å². The Morgan fingerprint density at radius 1 is 1.39 bits per heavy atom. The van der Waals surface area contributed by atoms with Crippen molar-refractivity contribution in [3.63, 3.8) is 0 Å². The van der Waals surface area contributed by atoms with E-state index in [4.69, 9.17) is 4.74 Å². The van der Waals surface area contributed by atoms with Gasteiger partial charge in [-0.15, -0.1) is 0 Å². The summed E-state index contributed by atoms with van der Waals surface area (Å²) in [6.45, 7) is 3.32. The summed E-state index contributed by atoms with van der Waals surface area (Å²) >= 11 is 0. The molecule has 0 aliphatic heterocycles. The maximum absolute atomic E-state index is 11.8.